The van der Waals surface area contributed by atoms with Crippen LogP contribution in [0.15, 0.2) is 42.6 Å². The van der Waals surface area contributed by atoms with Gasteiger partial charge in [-0.2, -0.15) is 0 Å². The third kappa shape index (κ3) is 1.68. The maximum absolute atomic E-state index is 4.18. The summed E-state index contributed by atoms with van der Waals surface area (Å²) in [6.07, 6.45) is 1.81. The molecule has 0 spiro atoms. The van der Waals surface area contributed by atoms with Gasteiger partial charge in [-0.15, -0.1) is 0 Å². The molecular formula is C9H9IN+. The van der Waals surface area contributed by atoms with Gasteiger partial charge >= 0.3 is 0 Å². The van der Waals surface area contributed by atoms with Crippen molar-refractivity contribution in [1.82, 2.24) is 4.98 Å². The van der Waals surface area contributed by atoms with Gasteiger partial charge in [0.05, 0.1) is 5.52 Å². The van der Waals surface area contributed by atoms with Gasteiger partial charge in [0.1, 0.15) is 0 Å². The predicted octanol–water partition coefficient (Wildman–Crippen LogP) is -1.30. The highest BCUT2D eigenvalue weighted by molar-refractivity contribution is 5.77. The highest BCUT2D eigenvalue weighted by atomic mass is 127. The molecule has 11 heavy (non-hydrogen) atoms. The van der Waals surface area contributed by atoms with Crippen molar-refractivity contribution >= 4 is 10.9 Å². The second kappa shape index (κ2) is 3.67. The first kappa shape index (κ1) is 8.46. The zero-order chi connectivity index (χ0) is 6.81. The van der Waals surface area contributed by atoms with Crippen molar-refractivity contribution in [1.29, 1.82) is 0 Å². The number of nitrogens with zero attached hydrogens (tertiary/aromatic N) is 1. The predicted molar refractivity (Wildman–Crippen MR) is 44.5 cm³/mol. The van der Waals surface area contributed by atoms with Crippen molar-refractivity contribution in [2.75, 3.05) is 0 Å². The van der Waals surface area contributed by atoms with E-state index in [-0.39, 0.29) is 24.0 Å². The van der Waals surface area contributed by atoms with Crippen LogP contribution in [-0.4, -0.2) is 4.98 Å². The second-order valence-corrected chi connectivity index (χ2v) is 2.20. The average Bonchev–Trinajstić information content (AvgIpc) is 2.05. The van der Waals surface area contributed by atoms with Crippen LogP contribution < -0.4 is 24.0 Å². The van der Waals surface area contributed by atoms with Gasteiger partial charge in [-0.05, 0) is 12.1 Å². The second-order valence-electron chi connectivity index (χ2n) is 2.20. The lowest BCUT2D eigenvalue weighted by molar-refractivity contribution is -0.00000200. The number of para-hydroxylation sites is 1. The standard InChI is InChI=1S/C9H7N.H2I/c1-2-6-9-8(4-1)5-3-7-10-9;/h1-7H;1H2/q;+1. The zero-order valence-corrected chi connectivity index (χ0v) is 8.49. The molecule has 0 N–H and O–H groups in total. The van der Waals surface area contributed by atoms with Crippen LogP contribution in [0.25, 0.3) is 10.9 Å². The lowest BCUT2D eigenvalue weighted by Crippen LogP contribution is -3.00. The Kier molecular flexibility index (Phi) is 2.82. The van der Waals surface area contributed by atoms with Crippen LogP contribution in [0.1, 0.15) is 0 Å². The van der Waals surface area contributed by atoms with Crippen LogP contribution in [0.3, 0.4) is 0 Å². The topological polar surface area (TPSA) is 12.9 Å². The molecule has 0 bridgehead atoms. The van der Waals surface area contributed by atoms with E-state index < -0.39 is 0 Å². The van der Waals surface area contributed by atoms with Gasteiger partial charge in [0.25, 0.3) is 0 Å². The number of rotatable bonds is 0. The van der Waals surface area contributed by atoms with E-state index in [1.807, 2.05) is 30.5 Å². The number of hydrogen-bond donors (Lipinski definition) is 0. The van der Waals surface area contributed by atoms with Crippen molar-refractivity contribution in [3.8, 4) is 0 Å². The van der Waals surface area contributed by atoms with Gasteiger partial charge < -0.3 is 0 Å². The molecule has 0 unspecified atom stereocenters. The number of fused-ring (bicyclic) bond motifs is 1. The summed E-state index contributed by atoms with van der Waals surface area (Å²) in [5.74, 6) is 0. The van der Waals surface area contributed by atoms with Gasteiger partial charge in [0.15, 0.2) is 0 Å². The number of benzene rings is 1. The SMILES string of the molecule is [IH2+].c1ccc2ncccc2c1. The van der Waals surface area contributed by atoms with E-state index in [1.54, 1.807) is 0 Å². The molecule has 0 aliphatic heterocycles. The molecule has 1 aromatic heterocycles. The van der Waals surface area contributed by atoms with Gasteiger partial charge in [0, 0.05) is 11.6 Å². The fourth-order valence-electron chi connectivity index (χ4n) is 1.02. The lowest BCUT2D eigenvalue weighted by Gasteiger charge is -1.91. The molecule has 0 radical (unpaired) electrons. The number of pyridine rings is 1. The maximum atomic E-state index is 4.18. The fraction of sp³-hybridized carbons (Fsp3) is 0. The Labute approximate surface area is 82.5 Å². The third-order valence-corrected chi connectivity index (χ3v) is 1.51. The maximum Gasteiger partial charge on any atom is 0.235 e. The molecule has 0 saturated carbocycles. The van der Waals surface area contributed by atoms with Gasteiger partial charge in [0.2, 0.25) is 24.0 Å². The molecule has 0 aliphatic carbocycles. The lowest BCUT2D eigenvalue weighted by atomic mass is 10.2. The molecule has 0 saturated heterocycles. The number of aromatic nitrogens is 1. The van der Waals surface area contributed by atoms with Crippen LogP contribution in [0.5, 0.6) is 0 Å². The van der Waals surface area contributed by atoms with E-state index in [0.717, 1.165) is 5.52 Å². The minimum atomic E-state index is 0. The third-order valence-electron chi connectivity index (χ3n) is 1.51. The Morgan fingerprint density at radius 3 is 2.45 bits per heavy atom. The summed E-state index contributed by atoms with van der Waals surface area (Å²) in [4.78, 5) is 4.18. The van der Waals surface area contributed by atoms with Crippen LogP contribution in [0, 0.1) is 0 Å². The van der Waals surface area contributed by atoms with Gasteiger partial charge in [-0.25, -0.2) is 0 Å². The Hall–Kier alpha value is -0.640. The van der Waals surface area contributed by atoms with Crippen LogP contribution in [0.4, 0.5) is 0 Å². The first-order valence-electron chi connectivity index (χ1n) is 3.26. The van der Waals surface area contributed by atoms with Crippen LogP contribution >= 0.6 is 0 Å². The summed E-state index contributed by atoms with van der Waals surface area (Å²) in [5, 5.41) is 1.20. The molecule has 2 aromatic rings. The van der Waals surface area contributed by atoms with Crippen molar-refractivity contribution in [3.63, 3.8) is 0 Å². The van der Waals surface area contributed by atoms with E-state index in [2.05, 4.69) is 17.1 Å². The molecule has 56 valence electrons. The molecule has 0 fully saturated rings. The Bertz CT molecular complexity index is 281. The fourth-order valence-corrected chi connectivity index (χ4v) is 1.02. The largest absolute Gasteiger partial charge is 0.256 e. The summed E-state index contributed by atoms with van der Waals surface area (Å²) in [5.41, 5.74) is 1.06. The van der Waals surface area contributed by atoms with Gasteiger partial charge in [-0.1, -0.05) is 24.3 Å². The minimum absolute atomic E-state index is 0. The summed E-state index contributed by atoms with van der Waals surface area (Å²) in [7, 11) is 0. The normalized spacial score (nSPS) is 9.09. The molecule has 0 amide bonds. The molecule has 2 heteroatoms. The number of halogens is 1. The zero-order valence-electron chi connectivity index (χ0n) is 5.94. The van der Waals surface area contributed by atoms with E-state index in [4.69, 9.17) is 0 Å². The van der Waals surface area contributed by atoms with Crippen molar-refractivity contribution in [2.24, 2.45) is 0 Å². The summed E-state index contributed by atoms with van der Waals surface area (Å²) < 4.78 is 0. The van der Waals surface area contributed by atoms with E-state index >= 15 is 0 Å². The van der Waals surface area contributed by atoms with Gasteiger partial charge in [-0.3, -0.25) is 4.98 Å². The summed E-state index contributed by atoms with van der Waals surface area (Å²) in [6, 6.07) is 12.1. The molecular weight excluding hydrogens is 249 g/mol. The molecule has 0 atom stereocenters. The highest BCUT2D eigenvalue weighted by Gasteiger charge is 1.86. The van der Waals surface area contributed by atoms with Crippen molar-refractivity contribution < 1.29 is 24.0 Å². The van der Waals surface area contributed by atoms with Crippen LogP contribution in [0.2, 0.25) is 0 Å². The summed E-state index contributed by atoms with van der Waals surface area (Å²) >= 11 is 0. The Morgan fingerprint density at radius 2 is 1.64 bits per heavy atom. The highest BCUT2D eigenvalue weighted by Crippen LogP contribution is 2.07. The minimum Gasteiger partial charge on any atom is -0.256 e. The van der Waals surface area contributed by atoms with Crippen molar-refractivity contribution in [3.05, 3.63) is 42.6 Å². The average molecular weight is 258 g/mol. The molecule has 1 nitrogen and oxygen atoms in total. The monoisotopic (exact) mass is 258 g/mol. The number of hydrogen-bond acceptors (Lipinski definition) is 1. The quantitative estimate of drug-likeness (QED) is 0.535. The first-order chi connectivity index (χ1) is 4.97. The Morgan fingerprint density at radius 1 is 0.909 bits per heavy atom. The van der Waals surface area contributed by atoms with Crippen molar-refractivity contribution in [2.45, 2.75) is 0 Å². The smallest absolute Gasteiger partial charge is 0.235 e. The van der Waals surface area contributed by atoms with Crippen LogP contribution in [-0.2, 0) is 0 Å². The van der Waals surface area contributed by atoms with E-state index in [0.29, 0.717) is 0 Å². The van der Waals surface area contributed by atoms with E-state index in [1.165, 1.54) is 5.39 Å². The summed E-state index contributed by atoms with van der Waals surface area (Å²) in [6.45, 7) is 0. The van der Waals surface area contributed by atoms with E-state index in [9.17, 15) is 0 Å². The molecule has 1 heterocycles. The first-order valence-corrected chi connectivity index (χ1v) is 3.26. The Balaban J connectivity index is 0.000000605. The molecule has 0 aliphatic rings. The molecule has 2 rings (SSSR count). The molecule has 1 aromatic carbocycles.